The Hall–Kier alpha value is -1.36. The minimum atomic E-state index is -3.73. The van der Waals surface area contributed by atoms with Crippen LogP contribution in [0.15, 0.2) is 47.4 Å². The van der Waals surface area contributed by atoms with Gasteiger partial charge in [0.1, 0.15) is 0 Å². The first-order chi connectivity index (χ1) is 9.38. The first-order valence-electron chi connectivity index (χ1n) is 6.09. The van der Waals surface area contributed by atoms with Crippen molar-refractivity contribution >= 4 is 21.7 Å². The lowest BCUT2D eigenvalue weighted by atomic mass is 10.1. The van der Waals surface area contributed by atoms with Gasteiger partial charge in [0.2, 0.25) is 0 Å². The van der Waals surface area contributed by atoms with E-state index in [9.17, 15) is 8.42 Å². The zero-order valence-corrected chi connectivity index (χ0v) is 12.8. The highest BCUT2D eigenvalue weighted by Crippen LogP contribution is 2.19. The molecule has 0 spiro atoms. The van der Waals surface area contributed by atoms with Crippen molar-refractivity contribution in [3.8, 4) is 0 Å². The van der Waals surface area contributed by atoms with E-state index in [2.05, 4.69) is 0 Å². The van der Waals surface area contributed by atoms with Gasteiger partial charge in [-0.15, -0.1) is 0 Å². The molecule has 20 heavy (non-hydrogen) atoms. The van der Waals surface area contributed by atoms with Gasteiger partial charge in [-0.05, 0) is 43.2 Å². The molecular formula is C15H15ClO3S. The van der Waals surface area contributed by atoms with E-state index in [0.29, 0.717) is 5.02 Å². The van der Waals surface area contributed by atoms with Gasteiger partial charge in [-0.2, -0.15) is 8.42 Å². The molecule has 0 atom stereocenters. The van der Waals surface area contributed by atoms with E-state index >= 15 is 0 Å². The topological polar surface area (TPSA) is 43.4 Å². The molecule has 0 bridgehead atoms. The van der Waals surface area contributed by atoms with Crippen LogP contribution < -0.4 is 0 Å². The summed E-state index contributed by atoms with van der Waals surface area (Å²) in [7, 11) is -3.73. The summed E-state index contributed by atoms with van der Waals surface area (Å²) < 4.78 is 29.1. The van der Waals surface area contributed by atoms with Crippen LogP contribution in [0.1, 0.15) is 16.7 Å². The maximum absolute atomic E-state index is 12.0. The molecule has 2 aromatic rings. The third-order valence-corrected chi connectivity index (χ3v) is 4.61. The van der Waals surface area contributed by atoms with Crippen LogP contribution in [0.3, 0.4) is 0 Å². The predicted molar refractivity (Wildman–Crippen MR) is 79.3 cm³/mol. The van der Waals surface area contributed by atoms with E-state index in [0.717, 1.165) is 16.7 Å². The molecule has 0 radical (unpaired) electrons. The molecule has 0 aliphatic rings. The monoisotopic (exact) mass is 310 g/mol. The van der Waals surface area contributed by atoms with Gasteiger partial charge >= 0.3 is 0 Å². The van der Waals surface area contributed by atoms with Crippen LogP contribution in [-0.2, 0) is 20.9 Å². The Kier molecular flexibility index (Phi) is 4.48. The van der Waals surface area contributed by atoms with Crippen LogP contribution in [0.25, 0.3) is 0 Å². The fraction of sp³-hybridized carbons (Fsp3) is 0.200. The number of aryl methyl sites for hydroxylation is 2. The summed E-state index contributed by atoms with van der Waals surface area (Å²) in [6.45, 7) is 3.75. The molecule has 0 aromatic heterocycles. The molecule has 2 aromatic carbocycles. The zero-order chi connectivity index (χ0) is 14.8. The second kappa shape index (κ2) is 5.95. The molecule has 0 saturated heterocycles. The van der Waals surface area contributed by atoms with E-state index in [-0.39, 0.29) is 11.5 Å². The van der Waals surface area contributed by atoms with Crippen molar-refractivity contribution < 1.29 is 12.6 Å². The van der Waals surface area contributed by atoms with Crippen LogP contribution in [0.2, 0.25) is 5.02 Å². The van der Waals surface area contributed by atoms with Gasteiger partial charge in [-0.3, -0.25) is 4.18 Å². The molecular weight excluding hydrogens is 296 g/mol. The number of hydrogen-bond donors (Lipinski definition) is 0. The van der Waals surface area contributed by atoms with E-state index < -0.39 is 10.1 Å². The summed E-state index contributed by atoms with van der Waals surface area (Å²) in [5.41, 5.74) is 2.65. The van der Waals surface area contributed by atoms with Crippen molar-refractivity contribution in [2.24, 2.45) is 0 Å². The van der Waals surface area contributed by atoms with Gasteiger partial charge < -0.3 is 0 Å². The van der Waals surface area contributed by atoms with Crippen LogP contribution in [-0.4, -0.2) is 8.42 Å². The Bertz CT molecular complexity index is 706. The van der Waals surface area contributed by atoms with Crippen LogP contribution in [0.5, 0.6) is 0 Å². The fourth-order valence-electron chi connectivity index (χ4n) is 1.72. The highest BCUT2D eigenvalue weighted by molar-refractivity contribution is 7.86. The van der Waals surface area contributed by atoms with Crippen LogP contribution in [0, 0.1) is 13.8 Å². The molecule has 0 unspecified atom stereocenters. The van der Waals surface area contributed by atoms with Crippen molar-refractivity contribution in [1.82, 2.24) is 0 Å². The SMILES string of the molecule is Cc1ccc(S(=O)(=O)OCc2ccc(Cl)c(C)c2)cc1. The summed E-state index contributed by atoms with van der Waals surface area (Å²) >= 11 is 5.92. The van der Waals surface area contributed by atoms with Crippen molar-refractivity contribution in [3.63, 3.8) is 0 Å². The molecule has 106 valence electrons. The smallest absolute Gasteiger partial charge is 0.262 e. The Morgan fingerprint density at radius 3 is 2.30 bits per heavy atom. The standard InChI is InChI=1S/C15H15ClO3S/c1-11-3-6-14(7-4-11)20(17,18)19-10-13-5-8-15(16)12(2)9-13/h3-9H,10H2,1-2H3. The molecule has 2 rings (SSSR count). The third kappa shape index (κ3) is 3.60. The first-order valence-corrected chi connectivity index (χ1v) is 7.88. The fourth-order valence-corrected chi connectivity index (χ4v) is 2.73. The highest BCUT2D eigenvalue weighted by Gasteiger charge is 2.15. The summed E-state index contributed by atoms with van der Waals surface area (Å²) in [4.78, 5) is 0.161. The molecule has 0 N–H and O–H groups in total. The normalized spacial score (nSPS) is 11.6. The Morgan fingerprint density at radius 2 is 1.70 bits per heavy atom. The maximum Gasteiger partial charge on any atom is 0.297 e. The predicted octanol–water partition coefficient (Wildman–Crippen LogP) is 3.86. The van der Waals surface area contributed by atoms with Crippen LogP contribution >= 0.6 is 11.6 Å². The Morgan fingerprint density at radius 1 is 1.05 bits per heavy atom. The molecule has 0 fully saturated rings. The summed E-state index contributed by atoms with van der Waals surface area (Å²) in [5, 5.41) is 0.648. The quantitative estimate of drug-likeness (QED) is 0.805. The summed E-state index contributed by atoms with van der Waals surface area (Å²) in [6, 6.07) is 11.8. The summed E-state index contributed by atoms with van der Waals surface area (Å²) in [6.07, 6.45) is 0. The molecule has 0 amide bonds. The lowest BCUT2D eigenvalue weighted by Gasteiger charge is -2.07. The van der Waals surface area contributed by atoms with Gasteiger partial charge in [0.15, 0.2) is 0 Å². The maximum atomic E-state index is 12.0. The van der Waals surface area contributed by atoms with Gasteiger partial charge in [0.25, 0.3) is 10.1 Å². The minimum Gasteiger partial charge on any atom is -0.262 e. The molecule has 3 nitrogen and oxygen atoms in total. The van der Waals surface area contributed by atoms with Crippen molar-refractivity contribution in [3.05, 3.63) is 64.2 Å². The first kappa shape index (κ1) is 15.0. The average Bonchev–Trinajstić information content (AvgIpc) is 2.41. The van der Waals surface area contributed by atoms with E-state index in [1.165, 1.54) is 12.1 Å². The number of benzene rings is 2. The van der Waals surface area contributed by atoms with E-state index in [1.807, 2.05) is 19.9 Å². The minimum absolute atomic E-state index is 0.00574. The second-order valence-corrected chi connectivity index (χ2v) is 6.64. The zero-order valence-electron chi connectivity index (χ0n) is 11.3. The van der Waals surface area contributed by atoms with Crippen molar-refractivity contribution in [2.45, 2.75) is 25.3 Å². The molecule has 5 heteroatoms. The number of rotatable bonds is 4. The molecule has 0 aliphatic carbocycles. The summed E-state index contributed by atoms with van der Waals surface area (Å²) in [5.74, 6) is 0. The number of halogens is 1. The molecule has 0 heterocycles. The van der Waals surface area contributed by atoms with Gasteiger partial charge in [-0.25, -0.2) is 0 Å². The lowest BCUT2D eigenvalue weighted by molar-refractivity contribution is 0.308. The van der Waals surface area contributed by atoms with E-state index in [4.69, 9.17) is 15.8 Å². The Labute approximate surface area is 124 Å². The third-order valence-electron chi connectivity index (χ3n) is 2.91. The van der Waals surface area contributed by atoms with Crippen LogP contribution in [0.4, 0.5) is 0 Å². The Balaban J connectivity index is 2.13. The van der Waals surface area contributed by atoms with Gasteiger partial charge in [0, 0.05) is 5.02 Å². The molecule has 0 aliphatic heterocycles. The molecule has 0 saturated carbocycles. The van der Waals surface area contributed by atoms with Crippen molar-refractivity contribution in [2.75, 3.05) is 0 Å². The van der Waals surface area contributed by atoms with Crippen molar-refractivity contribution in [1.29, 1.82) is 0 Å². The van der Waals surface area contributed by atoms with Gasteiger partial charge in [0.05, 0.1) is 11.5 Å². The average molecular weight is 311 g/mol. The lowest BCUT2D eigenvalue weighted by Crippen LogP contribution is -2.06. The van der Waals surface area contributed by atoms with Gasteiger partial charge in [-0.1, -0.05) is 41.4 Å². The highest BCUT2D eigenvalue weighted by atomic mass is 35.5. The largest absolute Gasteiger partial charge is 0.297 e. The number of hydrogen-bond acceptors (Lipinski definition) is 3. The second-order valence-electron chi connectivity index (χ2n) is 4.61. The van der Waals surface area contributed by atoms with E-state index in [1.54, 1.807) is 24.3 Å².